The number of carbonyl (C=O) groups excluding carboxylic acids is 2. The van der Waals surface area contributed by atoms with E-state index in [0.717, 1.165) is 22.4 Å². The third kappa shape index (κ3) is 4.23. The summed E-state index contributed by atoms with van der Waals surface area (Å²) in [6, 6.07) is 14.8. The van der Waals surface area contributed by atoms with Crippen molar-refractivity contribution >= 4 is 17.5 Å². The Morgan fingerprint density at radius 1 is 1.04 bits per heavy atom. The second-order valence-electron chi connectivity index (χ2n) is 6.22. The van der Waals surface area contributed by atoms with Crippen LogP contribution >= 0.6 is 0 Å². The number of hydrogen-bond acceptors (Lipinski definition) is 3. The summed E-state index contributed by atoms with van der Waals surface area (Å²) in [6.07, 6.45) is 4.24. The Hall–Kier alpha value is -3.41. The fourth-order valence-electron chi connectivity index (χ4n) is 2.97. The summed E-state index contributed by atoms with van der Waals surface area (Å²) < 4.78 is 0. The smallest absolute Gasteiger partial charge is 0.251 e. The third-order valence-electron chi connectivity index (χ3n) is 4.51. The van der Waals surface area contributed by atoms with Gasteiger partial charge >= 0.3 is 0 Å². The van der Waals surface area contributed by atoms with Crippen LogP contribution < -0.4 is 10.6 Å². The first kappa shape index (κ1) is 18.4. The van der Waals surface area contributed by atoms with E-state index in [2.05, 4.69) is 20.8 Å². The van der Waals surface area contributed by atoms with Crippen molar-refractivity contribution in [2.45, 2.75) is 19.3 Å². The summed E-state index contributed by atoms with van der Waals surface area (Å²) in [7, 11) is 1.59. The Morgan fingerprint density at radius 3 is 2.30 bits per heavy atom. The quantitative estimate of drug-likeness (QED) is 0.626. The first-order valence-electron chi connectivity index (χ1n) is 8.84. The highest BCUT2D eigenvalue weighted by molar-refractivity contribution is 5.97. The van der Waals surface area contributed by atoms with Crippen molar-refractivity contribution in [2.24, 2.45) is 0 Å². The van der Waals surface area contributed by atoms with Gasteiger partial charge in [-0.1, -0.05) is 31.2 Å². The maximum atomic E-state index is 12.7. The minimum absolute atomic E-state index is 0.0683. The molecule has 0 fully saturated rings. The highest BCUT2D eigenvalue weighted by atomic mass is 16.2. The minimum atomic E-state index is -0.280. The molecule has 6 heteroatoms. The van der Waals surface area contributed by atoms with Gasteiger partial charge in [0, 0.05) is 30.1 Å². The van der Waals surface area contributed by atoms with Gasteiger partial charge in [0.15, 0.2) is 0 Å². The topological polar surface area (TPSA) is 86.9 Å². The number of aromatic nitrogens is 2. The van der Waals surface area contributed by atoms with Gasteiger partial charge in [-0.2, -0.15) is 5.10 Å². The zero-order chi connectivity index (χ0) is 19.2. The van der Waals surface area contributed by atoms with E-state index in [1.54, 1.807) is 25.4 Å². The summed E-state index contributed by atoms with van der Waals surface area (Å²) in [6.45, 7) is 1.97. The van der Waals surface area contributed by atoms with Gasteiger partial charge in [0.25, 0.3) is 5.91 Å². The molecule has 3 N–H and O–H groups in total. The van der Waals surface area contributed by atoms with Crippen LogP contribution in [0.5, 0.6) is 0 Å². The van der Waals surface area contributed by atoms with Gasteiger partial charge in [-0.3, -0.25) is 14.7 Å². The highest BCUT2D eigenvalue weighted by Gasteiger charge is 2.19. The Labute approximate surface area is 158 Å². The predicted octanol–water partition coefficient (Wildman–Crippen LogP) is 3.57. The average molecular weight is 362 g/mol. The molecule has 0 bridgehead atoms. The van der Waals surface area contributed by atoms with Gasteiger partial charge in [0.1, 0.15) is 0 Å². The molecule has 0 saturated carbocycles. The molecule has 0 spiro atoms. The molecule has 2 amide bonds. The number of rotatable bonds is 6. The van der Waals surface area contributed by atoms with Crippen molar-refractivity contribution in [3.05, 3.63) is 72.1 Å². The molecule has 0 aliphatic carbocycles. The lowest BCUT2D eigenvalue weighted by Gasteiger charge is -2.16. The lowest BCUT2D eigenvalue weighted by Crippen LogP contribution is -2.21. The Bertz CT molecular complexity index is 900. The molecular formula is C21H22N4O2. The molecule has 1 heterocycles. The Balaban J connectivity index is 1.70. The number of aromatic amines is 1. The van der Waals surface area contributed by atoms with Crippen molar-refractivity contribution in [2.75, 3.05) is 12.4 Å². The lowest BCUT2D eigenvalue weighted by molar-refractivity contribution is -0.117. The Kier molecular flexibility index (Phi) is 5.66. The molecule has 1 atom stereocenters. The summed E-state index contributed by atoms with van der Waals surface area (Å²) in [5, 5.41) is 12.3. The molecular weight excluding hydrogens is 340 g/mol. The average Bonchev–Trinajstić information content (AvgIpc) is 3.24. The number of hydrogen-bond donors (Lipinski definition) is 3. The van der Waals surface area contributed by atoms with E-state index in [0.29, 0.717) is 12.0 Å². The number of nitrogens with one attached hydrogen (secondary N) is 3. The standard InChI is InChI=1S/C21H22N4O2/c1-3-19(15-4-6-16(7-5-15)20(26)22-2)21(27)25-18-10-8-14(9-11-18)17-12-23-24-13-17/h4-13,19H,3H2,1-2H3,(H,22,26)(H,23,24)(H,25,27). The van der Waals surface area contributed by atoms with Crippen LogP contribution in [0.25, 0.3) is 11.1 Å². The van der Waals surface area contributed by atoms with Crippen LogP contribution in [0.3, 0.4) is 0 Å². The second kappa shape index (κ2) is 8.31. The molecule has 0 saturated heterocycles. The van der Waals surface area contributed by atoms with E-state index in [1.165, 1.54) is 0 Å². The van der Waals surface area contributed by atoms with Gasteiger partial charge in [-0.05, 0) is 41.8 Å². The van der Waals surface area contributed by atoms with Crippen molar-refractivity contribution < 1.29 is 9.59 Å². The van der Waals surface area contributed by atoms with Crippen molar-refractivity contribution in [1.82, 2.24) is 15.5 Å². The van der Waals surface area contributed by atoms with Gasteiger partial charge < -0.3 is 10.6 Å². The molecule has 1 unspecified atom stereocenters. The van der Waals surface area contributed by atoms with Gasteiger partial charge in [0.2, 0.25) is 5.91 Å². The summed E-state index contributed by atoms with van der Waals surface area (Å²) in [4.78, 5) is 24.4. The Morgan fingerprint density at radius 2 is 1.74 bits per heavy atom. The van der Waals surface area contributed by atoms with Gasteiger partial charge in [0.05, 0.1) is 12.1 Å². The number of H-pyrrole nitrogens is 1. The maximum absolute atomic E-state index is 12.7. The van der Waals surface area contributed by atoms with Crippen LogP contribution in [-0.4, -0.2) is 29.1 Å². The number of amides is 2. The summed E-state index contributed by atoms with van der Waals surface area (Å²) in [5.41, 5.74) is 4.23. The molecule has 27 heavy (non-hydrogen) atoms. The van der Waals surface area contributed by atoms with Gasteiger partial charge in [-0.15, -0.1) is 0 Å². The summed E-state index contributed by atoms with van der Waals surface area (Å²) >= 11 is 0. The third-order valence-corrected chi connectivity index (χ3v) is 4.51. The zero-order valence-corrected chi connectivity index (χ0v) is 15.3. The monoisotopic (exact) mass is 362 g/mol. The predicted molar refractivity (Wildman–Crippen MR) is 106 cm³/mol. The van der Waals surface area contributed by atoms with E-state index < -0.39 is 0 Å². The van der Waals surface area contributed by atoms with Crippen molar-refractivity contribution in [1.29, 1.82) is 0 Å². The molecule has 0 radical (unpaired) electrons. The normalized spacial score (nSPS) is 11.6. The molecule has 6 nitrogen and oxygen atoms in total. The van der Waals surface area contributed by atoms with Crippen LogP contribution in [0.2, 0.25) is 0 Å². The molecule has 0 aliphatic heterocycles. The SMILES string of the molecule is CCC(C(=O)Nc1ccc(-c2cn[nH]c2)cc1)c1ccc(C(=O)NC)cc1. The van der Waals surface area contributed by atoms with E-state index in [-0.39, 0.29) is 17.7 Å². The van der Waals surface area contributed by atoms with Gasteiger partial charge in [-0.25, -0.2) is 0 Å². The fourth-order valence-corrected chi connectivity index (χ4v) is 2.97. The molecule has 138 valence electrons. The molecule has 2 aromatic carbocycles. The van der Waals surface area contributed by atoms with Crippen LogP contribution in [0.4, 0.5) is 5.69 Å². The number of nitrogens with zero attached hydrogens (tertiary/aromatic N) is 1. The van der Waals surface area contributed by atoms with Crippen LogP contribution in [0.1, 0.15) is 35.2 Å². The number of benzene rings is 2. The van der Waals surface area contributed by atoms with E-state index in [1.807, 2.05) is 49.5 Å². The fraction of sp³-hybridized carbons (Fsp3) is 0.190. The van der Waals surface area contributed by atoms with Crippen LogP contribution in [0.15, 0.2) is 60.9 Å². The van der Waals surface area contributed by atoms with E-state index >= 15 is 0 Å². The lowest BCUT2D eigenvalue weighted by atomic mass is 9.94. The number of carbonyl (C=O) groups is 2. The maximum Gasteiger partial charge on any atom is 0.251 e. The van der Waals surface area contributed by atoms with E-state index in [9.17, 15) is 9.59 Å². The second-order valence-corrected chi connectivity index (χ2v) is 6.22. The first-order valence-corrected chi connectivity index (χ1v) is 8.84. The van der Waals surface area contributed by atoms with E-state index in [4.69, 9.17) is 0 Å². The number of anilines is 1. The molecule has 3 aromatic rings. The molecule has 0 aliphatic rings. The molecule has 1 aromatic heterocycles. The largest absolute Gasteiger partial charge is 0.355 e. The zero-order valence-electron chi connectivity index (χ0n) is 15.3. The minimum Gasteiger partial charge on any atom is -0.355 e. The van der Waals surface area contributed by atoms with Crippen LogP contribution in [0, 0.1) is 0 Å². The van der Waals surface area contributed by atoms with Crippen LogP contribution in [-0.2, 0) is 4.79 Å². The van der Waals surface area contributed by atoms with Crippen molar-refractivity contribution in [3.8, 4) is 11.1 Å². The summed E-state index contributed by atoms with van der Waals surface area (Å²) in [5.74, 6) is -0.490. The molecule has 3 rings (SSSR count). The first-order chi connectivity index (χ1) is 13.1. The van der Waals surface area contributed by atoms with Crippen molar-refractivity contribution in [3.63, 3.8) is 0 Å². The highest BCUT2D eigenvalue weighted by Crippen LogP contribution is 2.24.